The molecule has 2 rings (SSSR count). The van der Waals surface area contributed by atoms with E-state index in [2.05, 4.69) is 13.4 Å². The van der Waals surface area contributed by atoms with Gasteiger partial charge in [-0.05, 0) is 26.0 Å². The lowest BCUT2D eigenvalue weighted by atomic mass is 9.95. The lowest BCUT2D eigenvalue weighted by Crippen LogP contribution is -2.38. The fourth-order valence-electron chi connectivity index (χ4n) is 1.43. The Labute approximate surface area is 120 Å². The summed E-state index contributed by atoms with van der Waals surface area (Å²) in [6.07, 6.45) is 0. The largest absolute Gasteiger partial charge is 0.481 e. The van der Waals surface area contributed by atoms with E-state index in [1.807, 2.05) is 0 Å². The summed E-state index contributed by atoms with van der Waals surface area (Å²) in [6.45, 7) is 2.68. The van der Waals surface area contributed by atoms with Crippen LogP contribution in [-0.4, -0.2) is 26.0 Å². The normalized spacial score (nSPS) is 13.9. The molecule has 0 saturated carbocycles. The summed E-state index contributed by atoms with van der Waals surface area (Å²) in [7, 11) is -3.83. The molecule has 9 heteroatoms. The molecule has 0 bridgehead atoms. The first-order chi connectivity index (χ1) is 9.24. The Morgan fingerprint density at radius 1 is 1.40 bits per heavy atom. The number of hydrogen-bond acceptors (Lipinski definition) is 5. The third-order valence-electron chi connectivity index (χ3n) is 2.82. The first kappa shape index (κ1) is 14.8. The third kappa shape index (κ3) is 2.79. The molecule has 0 amide bonds. The molecule has 0 saturated heterocycles. The highest BCUT2D eigenvalue weighted by molar-refractivity contribution is 7.89. The predicted molar refractivity (Wildman–Crippen MR) is 74.6 cm³/mol. The van der Waals surface area contributed by atoms with Crippen LogP contribution in [0.3, 0.4) is 0 Å². The number of sulfonamides is 1. The van der Waals surface area contributed by atoms with Crippen molar-refractivity contribution in [2.24, 2.45) is 14.1 Å². The fraction of sp³-hybridized carbons (Fsp3) is 0.364. The minimum atomic E-state index is -3.83. The smallest absolute Gasteiger partial charge is 0.310 e. The van der Waals surface area contributed by atoms with Crippen LogP contribution in [0.4, 0.5) is 11.4 Å². The highest BCUT2D eigenvalue weighted by Crippen LogP contribution is 2.37. The Hall–Kier alpha value is -1.58. The number of carboxylic acid groups (broad SMARTS) is 1. The zero-order valence-electron chi connectivity index (χ0n) is 10.8. The summed E-state index contributed by atoms with van der Waals surface area (Å²) in [4.78, 5) is 11.0. The van der Waals surface area contributed by atoms with Gasteiger partial charge in [0, 0.05) is 6.54 Å². The van der Waals surface area contributed by atoms with E-state index in [1.54, 1.807) is 12.1 Å². The Kier molecular flexibility index (Phi) is 3.76. The molecule has 108 valence electrons. The molecule has 0 atom stereocenters. The van der Waals surface area contributed by atoms with Crippen LogP contribution >= 0.6 is 0 Å². The molecule has 1 heterocycles. The topological polar surface area (TPSA) is 108 Å². The van der Waals surface area contributed by atoms with E-state index >= 15 is 0 Å². The lowest BCUT2D eigenvalue weighted by Gasteiger charge is -2.19. The predicted octanol–water partition coefficient (Wildman–Crippen LogP) is 1.80. The van der Waals surface area contributed by atoms with Crippen molar-refractivity contribution in [3.8, 4) is 0 Å². The van der Waals surface area contributed by atoms with Gasteiger partial charge in [-0.3, -0.25) is 4.79 Å². The van der Waals surface area contributed by atoms with Crippen molar-refractivity contribution >= 4 is 38.7 Å². The quantitative estimate of drug-likeness (QED) is 0.877. The lowest BCUT2D eigenvalue weighted by molar-refractivity contribution is -0.146. The Morgan fingerprint density at radius 3 is 2.75 bits per heavy atom. The average molecular weight is 315 g/mol. The average Bonchev–Trinajstić information content (AvgIpc) is 2.84. The zero-order valence-corrected chi connectivity index (χ0v) is 12.5. The van der Waals surface area contributed by atoms with Crippen LogP contribution in [0.5, 0.6) is 0 Å². The molecular weight excluding hydrogens is 302 g/mol. The van der Waals surface area contributed by atoms with Gasteiger partial charge in [-0.2, -0.15) is 8.73 Å². The second-order valence-electron chi connectivity index (χ2n) is 4.90. The minimum absolute atomic E-state index is 0.00457. The van der Waals surface area contributed by atoms with Crippen molar-refractivity contribution in [2.45, 2.75) is 18.7 Å². The van der Waals surface area contributed by atoms with Gasteiger partial charge < -0.3 is 5.11 Å². The number of aliphatic carboxylic acids is 1. The molecule has 2 N–H and O–H groups in total. The van der Waals surface area contributed by atoms with Gasteiger partial charge in [0.25, 0.3) is 0 Å². The van der Waals surface area contributed by atoms with Crippen LogP contribution < -0.4 is 4.72 Å². The number of benzene rings is 1. The van der Waals surface area contributed by atoms with Gasteiger partial charge in [-0.1, -0.05) is 6.07 Å². The van der Waals surface area contributed by atoms with Crippen LogP contribution in [0.1, 0.15) is 13.8 Å². The van der Waals surface area contributed by atoms with E-state index in [0.29, 0.717) is 5.69 Å². The van der Waals surface area contributed by atoms with Crippen molar-refractivity contribution in [2.75, 3.05) is 6.54 Å². The second kappa shape index (κ2) is 5.08. The van der Waals surface area contributed by atoms with E-state index in [4.69, 9.17) is 5.11 Å². The maximum atomic E-state index is 12.2. The van der Waals surface area contributed by atoms with Gasteiger partial charge in [-0.15, -0.1) is 0 Å². The summed E-state index contributed by atoms with van der Waals surface area (Å²) in [6, 6.07) is 4.65. The molecule has 0 fully saturated rings. The molecular formula is C11H13N3O4S2. The van der Waals surface area contributed by atoms with Crippen LogP contribution in [0, 0.1) is 5.41 Å². The van der Waals surface area contributed by atoms with Crippen molar-refractivity contribution in [3.63, 3.8) is 0 Å². The summed E-state index contributed by atoms with van der Waals surface area (Å²) in [5, 5.41) is 8.99. The fourth-order valence-corrected chi connectivity index (χ4v) is 3.40. The number of carbonyl (C=O) groups is 1. The van der Waals surface area contributed by atoms with E-state index in [-0.39, 0.29) is 17.1 Å². The maximum Gasteiger partial charge on any atom is 0.310 e. The van der Waals surface area contributed by atoms with Gasteiger partial charge in [0.1, 0.15) is 16.3 Å². The van der Waals surface area contributed by atoms with Crippen LogP contribution in [0.15, 0.2) is 31.8 Å². The van der Waals surface area contributed by atoms with Crippen molar-refractivity contribution in [1.29, 1.82) is 0 Å². The summed E-state index contributed by atoms with van der Waals surface area (Å²) in [5.41, 5.74) is -0.408. The van der Waals surface area contributed by atoms with E-state index < -0.39 is 21.4 Å². The Bertz CT molecular complexity index is 734. The third-order valence-corrected chi connectivity index (χ3v) is 4.80. The first-order valence-electron chi connectivity index (χ1n) is 5.68. The van der Waals surface area contributed by atoms with Crippen molar-refractivity contribution in [1.82, 2.24) is 4.72 Å². The monoisotopic (exact) mass is 315 g/mol. The highest BCUT2D eigenvalue weighted by atomic mass is 32.2. The first-order valence-corrected chi connectivity index (χ1v) is 7.90. The molecule has 0 aromatic heterocycles. The van der Waals surface area contributed by atoms with Gasteiger partial charge in [-0.25, -0.2) is 13.1 Å². The molecule has 0 aliphatic carbocycles. The Morgan fingerprint density at radius 2 is 2.10 bits per heavy atom. The minimum Gasteiger partial charge on any atom is -0.481 e. The van der Waals surface area contributed by atoms with Gasteiger partial charge in [0.05, 0.1) is 16.8 Å². The Balaban J connectivity index is 2.27. The van der Waals surface area contributed by atoms with Crippen molar-refractivity contribution < 1.29 is 18.3 Å². The molecule has 1 aromatic rings. The van der Waals surface area contributed by atoms with Gasteiger partial charge in [0.2, 0.25) is 10.0 Å². The summed E-state index contributed by atoms with van der Waals surface area (Å²) < 4.78 is 34.7. The molecule has 7 nitrogen and oxygen atoms in total. The second-order valence-corrected chi connectivity index (χ2v) is 7.17. The van der Waals surface area contributed by atoms with E-state index in [9.17, 15) is 13.2 Å². The number of hydrogen-bond donors (Lipinski definition) is 2. The summed E-state index contributed by atoms with van der Waals surface area (Å²) in [5.74, 6) is -1.08. The van der Waals surface area contributed by atoms with Crippen LogP contribution in [-0.2, 0) is 26.2 Å². The number of nitrogens with one attached hydrogen (secondary N) is 1. The molecule has 0 unspecified atom stereocenters. The van der Waals surface area contributed by atoms with Crippen molar-refractivity contribution in [3.05, 3.63) is 18.2 Å². The molecule has 1 aliphatic heterocycles. The molecule has 0 spiro atoms. The van der Waals surface area contributed by atoms with Gasteiger partial charge in [0.15, 0.2) is 0 Å². The SMILES string of the molecule is CC(C)(CNS(=O)(=O)c1cccc2c1N=S=N2)C(=O)O. The number of rotatable bonds is 5. The van der Waals surface area contributed by atoms with Crippen LogP contribution in [0.25, 0.3) is 0 Å². The standard InChI is InChI=1S/C11H13N3O4S2/c1-11(2,10(15)16)6-12-20(17,18)8-5-3-4-7-9(8)14-19-13-7/h3-5,12H,6H2,1-2H3,(H,15,16). The number of fused-ring (bicyclic) bond motifs is 1. The van der Waals surface area contributed by atoms with Crippen LogP contribution in [0.2, 0.25) is 0 Å². The molecule has 1 aromatic carbocycles. The van der Waals surface area contributed by atoms with E-state index in [0.717, 1.165) is 11.4 Å². The molecule has 1 aliphatic rings. The van der Waals surface area contributed by atoms with E-state index in [1.165, 1.54) is 19.9 Å². The number of nitrogens with zero attached hydrogens (tertiary/aromatic N) is 2. The number of carboxylic acids is 1. The highest BCUT2D eigenvalue weighted by Gasteiger charge is 2.30. The zero-order chi connectivity index (χ0) is 15.0. The molecule has 20 heavy (non-hydrogen) atoms. The molecule has 0 radical (unpaired) electrons. The maximum absolute atomic E-state index is 12.2. The van der Waals surface area contributed by atoms with Gasteiger partial charge >= 0.3 is 5.97 Å². The summed E-state index contributed by atoms with van der Waals surface area (Å²) >= 11 is 0.925.